The van der Waals surface area contributed by atoms with Crippen molar-refractivity contribution in [1.82, 2.24) is 9.88 Å². The maximum absolute atomic E-state index is 13.4. The van der Waals surface area contributed by atoms with E-state index in [9.17, 15) is 9.90 Å². The summed E-state index contributed by atoms with van der Waals surface area (Å²) in [6.07, 6.45) is 4.69. The highest BCUT2D eigenvalue weighted by atomic mass is 16.5. The monoisotopic (exact) mass is 443 g/mol. The molecule has 0 unspecified atom stereocenters. The molecule has 0 saturated carbocycles. The number of hydrogen-bond acceptors (Lipinski definition) is 5. The van der Waals surface area contributed by atoms with Gasteiger partial charge in [-0.15, -0.1) is 0 Å². The molecular weight excluding hydrogens is 414 g/mol. The highest BCUT2D eigenvalue weighted by Crippen LogP contribution is 2.49. The van der Waals surface area contributed by atoms with Gasteiger partial charge in [-0.25, -0.2) is 0 Å². The van der Waals surface area contributed by atoms with Gasteiger partial charge in [0.05, 0.1) is 32.2 Å². The van der Waals surface area contributed by atoms with Gasteiger partial charge in [-0.2, -0.15) is 0 Å². The number of methoxy groups -OCH3 is 1. The number of aliphatic hydroxyl groups is 1. The molecule has 2 aromatic carbocycles. The number of fused-ring (bicyclic) bond motifs is 3. The van der Waals surface area contributed by atoms with Crippen LogP contribution in [0.5, 0.6) is 5.75 Å². The van der Waals surface area contributed by atoms with Crippen LogP contribution in [0, 0.1) is 5.92 Å². The van der Waals surface area contributed by atoms with Gasteiger partial charge in [0, 0.05) is 37.6 Å². The fourth-order valence-corrected chi connectivity index (χ4v) is 5.49. The van der Waals surface area contributed by atoms with Crippen LogP contribution in [0.25, 0.3) is 11.1 Å². The number of carbonyl (C=O) groups is 1. The quantitative estimate of drug-likeness (QED) is 0.651. The van der Waals surface area contributed by atoms with Crippen LogP contribution in [0.1, 0.15) is 23.6 Å². The molecule has 6 nitrogen and oxygen atoms in total. The van der Waals surface area contributed by atoms with E-state index in [0.29, 0.717) is 13.0 Å². The molecule has 1 fully saturated rings. The van der Waals surface area contributed by atoms with Gasteiger partial charge >= 0.3 is 0 Å². The Hall–Kier alpha value is -3.38. The van der Waals surface area contributed by atoms with Crippen LogP contribution in [0.4, 0.5) is 5.69 Å². The zero-order valence-corrected chi connectivity index (χ0v) is 19.0. The molecule has 0 bridgehead atoms. The number of likely N-dealkylation sites (tertiary alicyclic amines) is 1. The van der Waals surface area contributed by atoms with E-state index in [2.05, 4.69) is 34.1 Å². The Labute approximate surface area is 194 Å². The predicted molar refractivity (Wildman–Crippen MR) is 128 cm³/mol. The summed E-state index contributed by atoms with van der Waals surface area (Å²) in [5, 5.41) is 10.2. The van der Waals surface area contributed by atoms with Crippen molar-refractivity contribution in [2.75, 3.05) is 32.2 Å². The average Bonchev–Trinajstić information content (AvgIpc) is 3.30. The number of benzene rings is 2. The molecule has 3 heterocycles. The SMILES string of the molecule is COc1cccc(-c2ccc3c(c2)[C@@H]2[C@@H](CCN2C(=O)Cc2ccncc2)[C@@H](CO)N3C)c1. The maximum atomic E-state index is 13.4. The van der Waals surface area contributed by atoms with Gasteiger partial charge in [0.25, 0.3) is 0 Å². The number of ether oxygens (including phenoxy) is 1. The second kappa shape index (κ2) is 8.87. The first-order valence-corrected chi connectivity index (χ1v) is 11.4. The van der Waals surface area contributed by atoms with E-state index < -0.39 is 0 Å². The summed E-state index contributed by atoms with van der Waals surface area (Å²) in [5.74, 6) is 1.12. The van der Waals surface area contributed by atoms with Gasteiger partial charge in [-0.05, 0) is 65.1 Å². The zero-order chi connectivity index (χ0) is 22.9. The lowest BCUT2D eigenvalue weighted by Gasteiger charge is -2.44. The summed E-state index contributed by atoms with van der Waals surface area (Å²) in [6.45, 7) is 0.771. The van der Waals surface area contributed by atoms with Crippen LogP contribution in [0.3, 0.4) is 0 Å². The summed E-state index contributed by atoms with van der Waals surface area (Å²) in [5.41, 5.74) is 5.36. The molecular formula is C27H29N3O3. The molecule has 2 aliphatic rings. The lowest BCUT2D eigenvalue weighted by Crippen LogP contribution is -2.48. The lowest BCUT2D eigenvalue weighted by atomic mass is 9.81. The average molecular weight is 444 g/mol. The van der Waals surface area contributed by atoms with Crippen molar-refractivity contribution in [1.29, 1.82) is 0 Å². The minimum atomic E-state index is -0.0479. The maximum Gasteiger partial charge on any atom is 0.227 e. The van der Waals surface area contributed by atoms with Crippen LogP contribution in [0.15, 0.2) is 67.0 Å². The van der Waals surface area contributed by atoms with Crippen LogP contribution >= 0.6 is 0 Å². The van der Waals surface area contributed by atoms with Crippen molar-refractivity contribution in [3.63, 3.8) is 0 Å². The number of amides is 1. The van der Waals surface area contributed by atoms with Crippen molar-refractivity contribution in [3.05, 3.63) is 78.1 Å². The van der Waals surface area contributed by atoms with E-state index in [1.165, 1.54) is 0 Å². The minimum Gasteiger partial charge on any atom is -0.497 e. The van der Waals surface area contributed by atoms with Crippen molar-refractivity contribution in [2.24, 2.45) is 5.92 Å². The summed E-state index contributed by atoms with van der Waals surface area (Å²) in [6, 6.07) is 18.2. The molecule has 0 aliphatic carbocycles. The summed E-state index contributed by atoms with van der Waals surface area (Å²) < 4.78 is 5.42. The Morgan fingerprint density at radius 1 is 1.12 bits per heavy atom. The topological polar surface area (TPSA) is 65.9 Å². The Kier molecular flexibility index (Phi) is 5.77. The molecule has 1 N–H and O–H groups in total. The van der Waals surface area contributed by atoms with Crippen molar-refractivity contribution in [3.8, 4) is 16.9 Å². The number of pyridine rings is 1. The number of rotatable bonds is 5. The summed E-state index contributed by atoms with van der Waals surface area (Å²) in [7, 11) is 3.72. The van der Waals surface area contributed by atoms with E-state index in [4.69, 9.17) is 4.74 Å². The second-order valence-electron chi connectivity index (χ2n) is 8.88. The smallest absolute Gasteiger partial charge is 0.227 e. The van der Waals surface area contributed by atoms with Crippen LogP contribution in [0.2, 0.25) is 0 Å². The summed E-state index contributed by atoms with van der Waals surface area (Å²) >= 11 is 0. The van der Waals surface area contributed by atoms with E-state index in [1.807, 2.05) is 42.3 Å². The van der Waals surface area contributed by atoms with Crippen LogP contribution in [-0.4, -0.2) is 54.2 Å². The van der Waals surface area contributed by atoms with Gasteiger partial charge in [0.15, 0.2) is 0 Å². The lowest BCUT2D eigenvalue weighted by molar-refractivity contribution is -0.132. The van der Waals surface area contributed by atoms with Gasteiger partial charge in [-0.1, -0.05) is 18.2 Å². The van der Waals surface area contributed by atoms with E-state index in [1.54, 1.807) is 19.5 Å². The highest BCUT2D eigenvalue weighted by Gasteiger charge is 2.47. The fraction of sp³-hybridized carbons (Fsp3) is 0.333. The molecule has 33 heavy (non-hydrogen) atoms. The molecule has 1 aromatic heterocycles. The standard InChI is InChI=1S/C27H29N3O3/c1-29-24-7-6-20(19-4-3-5-21(15-19)33-2)16-23(24)27-22(25(29)17-31)10-13-30(27)26(32)14-18-8-11-28-12-9-18/h3-9,11-12,15-16,22,25,27,31H,10,13-14,17H2,1-2H3/t22-,25+,27-/m0/s1. The molecule has 1 saturated heterocycles. The Morgan fingerprint density at radius 2 is 1.91 bits per heavy atom. The molecule has 3 atom stereocenters. The normalized spacial score (nSPS) is 21.5. The number of hydrogen-bond donors (Lipinski definition) is 1. The van der Waals surface area contributed by atoms with Gasteiger partial charge in [-0.3, -0.25) is 9.78 Å². The van der Waals surface area contributed by atoms with Gasteiger partial charge in [0.2, 0.25) is 5.91 Å². The van der Waals surface area contributed by atoms with E-state index >= 15 is 0 Å². The minimum absolute atomic E-state index is 0.0103. The third-order valence-electron chi connectivity index (χ3n) is 7.18. The Bertz CT molecular complexity index is 1150. The number of carbonyl (C=O) groups excluding carboxylic acids is 1. The largest absolute Gasteiger partial charge is 0.497 e. The number of nitrogens with zero attached hydrogens (tertiary/aromatic N) is 3. The fourth-order valence-electron chi connectivity index (χ4n) is 5.49. The molecule has 3 aromatic rings. The van der Waals surface area contributed by atoms with E-state index in [-0.39, 0.29) is 30.5 Å². The van der Waals surface area contributed by atoms with Crippen LogP contribution < -0.4 is 9.64 Å². The third-order valence-corrected chi connectivity index (χ3v) is 7.18. The number of likely N-dealkylation sites (N-methyl/N-ethyl adjacent to an activating group) is 1. The molecule has 0 spiro atoms. The molecule has 170 valence electrons. The molecule has 2 aliphatic heterocycles. The third kappa shape index (κ3) is 3.85. The van der Waals surface area contributed by atoms with Crippen molar-refractivity contribution in [2.45, 2.75) is 24.9 Å². The van der Waals surface area contributed by atoms with Crippen LogP contribution in [-0.2, 0) is 11.2 Å². The molecule has 6 heteroatoms. The molecule has 1 amide bonds. The van der Waals surface area contributed by atoms with Gasteiger partial charge < -0.3 is 19.6 Å². The predicted octanol–water partition coefficient (Wildman–Crippen LogP) is 3.70. The summed E-state index contributed by atoms with van der Waals surface area (Å²) in [4.78, 5) is 21.7. The first kappa shape index (κ1) is 21.5. The Balaban J connectivity index is 1.54. The Morgan fingerprint density at radius 3 is 2.67 bits per heavy atom. The molecule has 0 radical (unpaired) electrons. The molecule has 5 rings (SSSR count). The van der Waals surface area contributed by atoms with Crippen molar-refractivity contribution >= 4 is 11.6 Å². The van der Waals surface area contributed by atoms with E-state index in [0.717, 1.165) is 40.1 Å². The number of aliphatic hydroxyl groups excluding tert-OH is 1. The number of aromatic nitrogens is 1. The highest BCUT2D eigenvalue weighted by molar-refractivity contribution is 5.81. The first-order valence-electron chi connectivity index (χ1n) is 11.4. The number of anilines is 1. The van der Waals surface area contributed by atoms with Gasteiger partial charge in [0.1, 0.15) is 5.75 Å². The van der Waals surface area contributed by atoms with Crippen molar-refractivity contribution < 1.29 is 14.6 Å². The first-order chi connectivity index (χ1) is 16.1. The zero-order valence-electron chi connectivity index (χ0n) is 19.0. The second-order valence-corrected chi connectivity index (χ2v) is 8.88.